The zero-order chi connectivity index (χ0) is 31.9. The number of likely N-dealkylation sites (tertiary alicyclic amines) is 1. The van der Waals surface area contributed by atoms with Gasteiger partial charge in [0.1, 0.15) is 11.4 Å². The number of benzene rings is 1. The van der Waals surface area contributed by atoms with E-state index in [2.05, 4.69) is 10.1 Å². The zero-order valence-corrected chi connectivity index (χ0v) is 25.3. The van der Waals surface area contributed by atoms with Gasteiger partial charge in [-0.2, -0.15) is 13.2 Å². The van der Waals surface area contributed by atoms with Gasteiger partial charge in [0.2, 0.25) is 0 Å². The van der Waals surface area contributed by atoms with Crippen molar-refractivity contribution in [3.05, 3.63) is 23.3 Å². The summed E-state index contributed by atoms with van der Waals surface area (Å²) in [7, 11) is 1.18. The molecule has 1 saturated heterocycles. The van der Waals surface area contributed by atoms with Gasteiger partial charge in [-0.25, -0.2) is 9.59 Å². The summed E-state index contributed by atoms with van der Waals surface area (Å²) in [6.07, 6.45) is -4.51. The number of carbonyl (C=O) groups is 4. The molecule has 2 fully saturated rings. The Hall–Kier alpha value is -3.71. The van der Waals surface area contributed by atoms with Crippen LogP contribution in [-0.2, 0) is 20.4 Å². The second-order valence-corrected chi connectivity index (χ2v) is 12.4. The molecular formula is C29H39F3N4O7. The summed E-state index contributed by atoms with van der Waals surface area (Å²) in [6.45, 7) is 8.98. The van der Waals surface area contributed by atoms with Crippen LogP contribution in [0.3, 0.4) is 0 Å². The molecule has 3 aliphatic rings. The van der Waals surface area contributed by atoms with Gasteiger partial charge in [0.15, 0.2) is 5.60 Å². The predicted octanol–water partition coefficient (Wildman–Crippen LogP) is 4.57. The van der Waals surface area contributed by atoms with E-state index >= 15 is 0 Å². The molecule has 11 nitrogen and oxygen atoms in total. The number of anilines is 1. The fourth-order valence-corrected chi connectivity index (χ4v) is 5.51. The summed E-state index contributed by atoms with van der Waals surface area (Å²) in [4.78, 5) is 55.9. The minimum absolute atomic E-state index is 0.00766. The van der Waals surface area contributed by atoms with Crippen molar-refractivity contribution in [1.82, 2.24) is 15.1 Å². The molecule has 0 aromatic heterocycles. The van der Waals surface area contributed by atoms with E-state index in [9.17, 15) is 32.3 Å². The molecule has 1 atom stereocenters. The average Bonchev–Trinajstić information content (AvgIpc) is 3.68. The number of amides is 4. The normalized spacial score (nSPS) is 19.5. The number of hydrogen-bond acceptors (Lipinski definition) is 7. The SMILES string of the molecule is COC(=O)NCCN1C(=O)C2(CC2)Oc2cc(C(F)(F)F)c(C(=O)N(C(C)C)[C@@H]3CCCN(C(=O)OC(C)(C)C)C3)cc21. The fourth-order valence-electron chi connectivity index (χ4n) is 5.51. The first-order valence-corrected chi connectivity index (χ1v) is 14.4. The number of ether oxygens (including phenoxy) is 3. The van der Waals surface area contributed by atoms with Crippen LogP contribution < -0.4 is 15.0 Å². The molecule has 2 aliphatic heterocycles. The summed E-state index contributed by atoms with van der Waals surface area (Å²) in [5.41, 5.74) is -3.81. The van der Waals surface area contributed by atoms with Gasteiger partial charge in [0.25, 0.3) is 11.8 Å². The minimum atomic E-state index is -4.91. The second kappa shape index (κ2) is 11.8. The summed E-state index contributed by atoms with van der Waals surface area (Å²) in [5, 5.41) is 2.46. The summed E-state index contributed by atoms with van der Waals surface area (Å²) in [6, 6.07) is 0.748. The molecule has 0 radical (unpaired) electrons. The van der Waals surface area contributed by atoms with Gasteiger partial charge < -0.3 is 34.2 Å². The van der Waals surface area contributed by atoms with Crippen LogP contribution in [0.4, 0.5) is 28.4 Å². The molecule has 1 aromatic rings. The molecule has 1 aromatic carbocycles. The Balaban J connectivity index is 1.71. The molecule has 14 heteroatoms. The number of piperidine rings is 1. The van der Waals surface area contributed by atoms with Crippen LogP contribution >= 0.6 is 0 Å². The molecule has 4 rings (SSSR count). The van der Waals surface area contributed by atoms with Gasteiger partial charge in [-0.1, -0.05) is 0 Å². The molecule has 1 spiro atoms. The summed E-state index contributed by atoms with van der Waals surface area (Å²) >= 11 is 0. The van der Waals surface area contributed by atoms with Crippen molar-refractivity contribution in [2.45, 2.75) is 89.8 Å². The zero-order valence-electron chi connectivity index (χ0n) is 25.3. The molecule has 238 valence electrons. The van der Waals surface area contributed by atoms with Crippen LogP contribution in [0.1, 0.15) is 76.2 Å². The first-order chi connectivity index (χ1) is 20.0. The van der Waals surface area contributed by atoms with Gasteiger partial charge in [-0.15, -0.1) is 0 Å². The van der Waals surface area contributed by atoms with Crippen LogP contribution in [0.15, 0.2) is 12.1 Å². The van der Waals surface area contributed by atoms with Crippen molar-refractivity contribution >= 4 is 29.7 Å². The van der Waals surface area contributed by atoms with Crippen molar-refractivity contribution in [3.8, 4) is 5.75 Å². The maximum absolute atomic E-state index is 14.5. The van der Waals surface area contributed by atoms with Gasteiger partial charge in [-0.3, -0.25) is 9.59 Å². The standard InChI is InChI=1S/C29H39F3N4O7/c1-17(2)36(18-8-7-12-34(16-18)26(40)43-27(3,4)5)23(37)19-14-21-22(15-20(19)29(30,31)32)42-28(9-10-28)24(38)35(21)13-11-33-25(39)41-6/h14-15,17-18H,7-13,16H2,1-6H3,(H,33,39)/t18-/m1/s1. The van der Waals surface area contributed by atoms with E-state index in [1.807, 2.05) is 0 Å². The van der Waals surface area contributed by atoms with Crippen molar-refractivity contribution < 1.29 is 46.6 Å². The van der Waals surface area contributed by atoms with Gasteiger partial charge >= 0.3 is 18.4 Å². The molecule has 1 N–H and O–H groups in total. The van der Waals surface area contributed by atoms with E-state index in [-0.39, 0.29) is 31.1 Å². The number of methoxy groups -OCH3 is 1. The van der Waals surface area contributed by atoms with Crippen molar-refractivity contribution in [2.24, 2.45) is 0 Å². The number of halogens is 3. The second-order valence-electron chi connectivity index (χ2n) is 12.4. The van der Waals surface area contributed by atoms with Crippen LogP contribution in [0.5, 0.6) is 5.75 Å². The number of nitrogens with one attached hydrogen (secondary N) is 1. The number of fused-ring (bicyclic) bond motifs is 1. The first kappa shape index (κ1) is 32.2. The monoisotopic (exact) mass is 612 g/mol. The van der Waals surface area contributed by atoms with E-state index in [4.69, 9.17) is 9.47 Å². The number of alkyl carbamates (subject to hydrolysis) is 1. The lowest BCUT2D eigenvalue weighted by Crippen LogP contribution is -2.54. The predicted molar refractivity (Wildman–Crippen MR) is 149 cm³/mol. The van der Waals surface area contributed by atoms with E-state index in [1.165, 1.54) is 21.8 Å². The Bertz CT molecular complexity index is 1270. The van der Waals surface area contributed by atoms with E-state index in [0.29, 0.717) is 32.2 Å². The minimum Gasteiger partial charge on any atom is -0.475 e. The van der Waals surface area contributed by atoms with Gasteiger partial charge in [-0.05, 0) is 59.6 Å². The molecule has 1 saturated carbocycles. The lowest BCUT2D eigenvalue weighted by atomic mass is 9.97. The Kier molecular flexibility index (Phi) is 8.81. The van der Waals surface area contributed by atoms with Crippen molar-refractivity contribution in [2.75, 3.05) is 38.2 Å². The Labute approximate surface area is 248 Å². The van der Waals surface area contributed by atoms with E-state index in [0.717, 1.165) is 12.1 Å². The van der Waals surface area contributed by atoms with Gasteiger partial charge in [0, 0.05) is 45.1 Å². The Morgan fingerprint density at radius 3 is 2.42 bits per heavy atom. The Morgan fingerprint density at radius 1 is 1.19 bits per heavy atom. The van der Waals surface area contributed by atoms with Gasteiger partial charge in [0.05, 0.1) is 30.0 Å². The number of nitrogens with zero attached hydrogens (tertiary/aromatic N) is 3. The van der Waals surface area contributed by atoms with Crippen molar-refractivity contribution in [1.29, 1.82) is 0 Å². The molecular weight excluding hydrogens is 573 g/mol. The van der Waals surface area contributed by atoms with Crippen LogP contribution in [-0.4, -0.2) is 90.4 Å². The third kappa shape index (κ3) is 6.93. The van der Waals surface area contributed by atoms with Crippen LogP contribution in [0, 0.1) is 0 Å². The third-order valence-electron chi connectivity index (χ3n) is 7.59. The highest BCUT2D eigenvalue weighted by Crippen LogP contribution is 2.51. The highest BCUT2D eigenvalue weighted by Gasteiger charge is 2.58. The van der Waals surface area contributed by atoms with E-state index in [1.54, 1.807) is 34.6 Å². The Morgan fingerprint density at radius 2 is 1.86 bits per heavy atom. The quantitative estimate of drug-likeness (QED) is 0.500. The largest absolute Gasteiger partial charge is 0.475 e. The van der Waals surface area contributed by atoms with Crippen molar-refractivity contribution in [3.63, 3.8) is 0 Å². The third-order valence-corrected chi connectivity index (χ3v) is 7.59. The number of carbonyl (C=O) groups excluding carboxylic acids is 4. The molecule has 1 aliphatic carbocycles. The average molecular weight is 613 g/mol. The summed E-state index contributed by atoms with van der Waals surface area (Å²) < 4.78 is 59.3. The maximum Gasteiger partial charge on any atom is 0.417 e. The number of alkyl halides is 3. The highest BCUT2D eigenvalue weighted by atomic mass is 19.4. The number of rotatable bonds is 6. The molecule has 2 heterocycles. The smallest absolute Gasteiger partial charge is 0.417 e. The lowest BCUT2D eigenvalue weighted by molar-refractivity contribution is -0.138. The van der Waals surface area contributed by atoms with Crippen LogP contribution in [0.25, 0.3) is 0 Å². The summed E-state index contributed by atoms with van der Waals surface area (Å²) in [5.74, 6) is -1.50. The fraction of sp³-hybridized carbons (Fsp3) is 0.655. The highest BCUT2D eigenvalue weighted by molar-refractivity contribution is 6.06. The molecule has 4 amide bonds. The molecule has 0 bridgehead atoms. The molecule has 0 unspecified atom stereocenters. The van der Waals surface area contributed by atoms with E-state index < -0.39 is 64.6 Å². The van der Waals surface area contributed by atoms with Crippen LogP contribution in [0.2, 0.25) is 0 Å². The maximum atomic E-state index is 14.5. The lowest BCUT2D eigenvalue weighted by Gasteiger charge is -2.42. The number of hydrogen-bond donors (Lipinski definition) is 1. The molecule has 43 heavy (non-hydrogen) atoms. The first-order valence-electron chi connectivity index (χ1n) is 14.4. The topological polar surface area (TPSA) is 118 Å².